The van der Waals surface area contributed by atoms with E-state index in [9.17, 15) is 10.1 Å². The highest BCUT2D eigenvalue weighted by Gasteiger charge is 2.15. The Labute approximate surface area is 120 Å². The first-order valence-corrected chi connectivity index (χ1v) is 6.53. The Kier molecular flexibility index (Phi) is 3.98. The van der Waals surface area contributed by atoms with Crippen LogP contribution in [-0.4, -0.2) is 4.92 Å². The van der Waals surface area contributed by atoms with Crippen LogP contribution in [0.2, 0.25) is 0 Å². The van der Waals surface area contributed by atoms with E-state index in [-0.39, 0.29) is 11.4 Å². The van der Waals surface area contributed by atoms with Crippen molar-refractivity contribution in [1.29, 1.82) is 0 Å². The summed E-state index contributed by atoms with van der Waals surface area (Å²) in [6.45, 7) is 0. The molecule has 0 fully saturated rings. The minimum absolute atomic E-state index is 0.0627. The number of nitro benzene ring substituents is 1. The van der Waals surface area contributed by atoms with E-state index in [0.29, 0.717) is 5.75 Å². The van der Waals surface area contributed by atoms with Crippen LogP contribution in [0.1, 0.15) is 0 Å². The van der Waals surface area contributed by atoms with E-state index in [2.05, 4.69) is 31.9 Å². The van der Waals surface area contributed by atoms with Gasteiger partial charge in [-0.2, -0.15) is 0 Å². The first kappa shape index (κ1) is 13.0. The van der Waals surface area contributed by atoms with Gasteiger partial charge in [-0.25, -0.2) is 0 Å². The first-order valence-electron chi connectivity index (χ1n) is 4.94. The van der Waals surface area contributed by atoms with Crippen molar-refractivity contribution in [2.75, 3.05) is 0 Å². The van der Waals surface area contributed by atoms with E-state index in [1.54, 1.807) is 30.3 Å². The molecule has 0 bridgehead atoms. The number of nitrogens with zero attached hydrogens (tertiary/aromatic N) is 1. The minimum Gasteiger partial charge on any atom is -0.449 e. The number of halogens is 2. The summed E-state index contributed by atoms with van der Waals surface area (Å²) >= 11 is 6.67. The zero-order chi connectivity index (χ0) is 13.1. The largest absolute Gasteiger partial charge is 0.449 e. The van der Waals surface area contributed by atoms with Crippen molar-refractivity contribution in [3.05, 3.63) is 61.5 Å². The molecule has 0 radical (unpaired) electrons. The predicted octanol–water partition coefficient (Wildman–Crippen LogP) is 4.91. The van der Waals surface area contributed by atoms with Gasteiger partial charge in [-0.15, -0.1) is 0 Å². The molecule has 0 heterocycles. The smallest absolute Gasteiger partial charge is 0.311 e. The number of rotatable bonds is 3. The van der Waals surface area contributed by atoms with Gasteiger partial charge in [0.15, 0.2) is 0 Å². The Morgan fingerprint density at radius 3 is 2.44 bits per heavy atom. The number of benzene rings is 2. The van der Waals surface area contributed by atoms with E-state index in [0.717, 1.165) is 8.95 Å². The zero-order valence-corrected chi connectivity index (χ0v) is 12.1. The maximum atomic E-state index is 10.9. The molecule has 0 saturated heterocycles. The van der Waals surface area contributed by atoms with Crippen LogP contribution in [0.3, 0.4) is 0 Å². The average Bonchev–Trinajstić information content (AvgIpc) is 2.33. The predicted molar refractivity (Wildman–Crippen MR) is 75.0 cm³/mol. The first-order chi connectivity index (χ1) is 8.58. The SMILES string of the molecule is O=[N+]([O-])c1ccccc1Oc1ccc(Br)cc1Br. The van der Waals surface area contributed by atoms with Gasteiger partial charge in [0.05, 0.1) is 9.40 Å². The van der Waals surface area contributed by atoms with Gasteiger partial charge in [-0.05, 0) is 40.2 Å². The molecule has 0 amide bonds. The maximum absolute atomic E-state index is 10.9. The standard InChI is InChI=1S/C12H7Br2NO3/c13-8-5-6-11(9(14)7-8)18-12-4-2-1-3-10(12)15(16)17/h1-7H. The van der Waals surface area contributed by atoms with E-state index < -0.39 is 4.92 Å². The van der Waals surface area contributed by atoms with Crippen LogP contribution in [-0.2, 0) is 0 Å². The monoisotopic (exact) mass is 371 g/mol. The second kappa shape index (κ2) is 5.49. The Bertz CT molecular complexity index is 602. The molecule has 18 heavy (non-hydrogen) atoms. The van der Waals surface area contributed by atoms with Crippen LogP contribution in [0.5, 0.6) is 11.5 Å². The van der Waals surface area contributed by atoms with Gasteiger partial charge in [-0.3, -0.25) is 10.1 Å². The van der Waals surface area contributed by atoms with Crippen molar-refractivity contribution in [3.8, 4) is 11.5 Å². The third-order valence-electron chi connectivity index (χ3n) is 2.18. The van der Waals surface area contributed by atoms with Crippen LogP contribution >= 0.6 is 31.9 Å². The normalized spacial score (nSPS) is 10.1. The van der Waals surface area contributed by atoms with Gasteiger partial charge in [0, 0.05) is 10.5 Å². The van der Waals surface area contributed by atoms with Crippen LogP contribution in [0.15, 0.2) is 51.4 Å². The van der Waals surface area contributed by atoms with E-state index in [1.807, 2.05) is 6.07 Å². The maximum Gasteiger partial charge on any atom is 0.311 e. The molecule has 6 heteroatoms. The summed E-state index contributed by atoms with van der Waals surface area (Å²) < 4.78 is 7.16. The summed E-state index contributed by atoms with van der Waals surface area (Å²) in [5.41, 5.74) is -0.0627. The summed E-state index contributed by atoms with van der Waals surface area (Å²) in [5.74, 6) is 0.734. The van der Waals surface area contributed by atoms with Crippen molar-refractivity contribution in [2.45, 2.75) is 0 Å². The van der Waals surface area contributed by atoms with Gasteiger partial charge in [0.2, 0.25) is 5.75 Å². The van der Waals surface area contributed by atoms with Crippen LogP contribution in [0.25, 0.3) is 0 Å². The Morgan fingerprint density at radius 2 is 1.78 bits per heavy atom. The Morgan fingerprint density at radius 1 is 1.06 bits per heavy atom. The molecular weight excluding hydrogens is 366 g/mol. The third-order valence-corrected chi connectivity index (χ3v) is 3.29. The zero-order valence-electron chi connectivity index (χ0n) is 8.97. The average molecular weight is 373 g/mol. The van der Waals surface area contributed by atoms with E-state index in [1.165, 1.54) is 6.07 Å². The molecule has 92 valence electrons. The number of nitro groups is 1. The molecule has 4 nitrogen and oxygen atoms in total. The van der Waals surface area contributed by atoms with Crippen molar-refractivity contribution < 1.29 is 9.66 Å². The van der Waals surface area contributed by atoms with Crippen LogP contribution in [0, 0.1) is 10.1 Å². The Balaban J connectivity index is 2.37. The van der Waals surface area contributed by atoms with Crippen LogP contribution in [0.4, 0.5) is 5.69 Å². The van der Waals surface area contributed by atoms with Gasteiger partial charge >= 0.3 is 5.69 Å². The molecule has 0 unspecified atom stereocenters. The topological polar surface area (TPSA) is 52.4 Å². The molecule has 0 aromatic heterocycles. The summed E-state index contributed by atoms with van der Waals surface area (Å²) in [7, 11) is 0. The molecule has 0 atom stereocenters. The van der Waals surface area contributed by atoms with Gasteiger partial charge in [0.1, 0.15) is 5.75 Å². The highest BCUT2D eigenvalue weighted by Crippen LogP contribution is 2.35. The van der Waals surface area contributed by atoms with Gasteiger partial charge in [-0.1, -0.05) is 28.1 Å². The highest BCUT2D eigenvalue weighted by molar-refractivity contribution is 9.11. The lowest BCUT2D eigenvalue weighted by Crippen LogP contribution is -1.93. The molecule has 0 N–H and O–H groups in total. The van der Waals surface area contributed by atoms with Crippen molar-refractivity contribution >= 4 is 37.5 Å². The fraction of sp³-hybridized carbons (Fsp3) is 0. The minimum atomic E-state index is -0.470. The molecule has 2 aromatic carbocycles. The summed E-state index contributed by atoms with van der Waals surface area (Å²) in [4.78, 5) is 10.4. The molecule has 0 aliphatic carbocycles. The Hall–Kier alpha value is -1.40. The summed E-state index contributed by atoms with van der Waals surface area (Å²) in [6.07, 6.45) is 0. The quantitative estimate of drug-likeness (QED) is 0.568. The molecular formula is C12H7Br2NO3. The fourth-order valence-electron chi connectivity index (χ4n) is 1.37. The van der Waals surface area contributed by atoms with Crippen molar-refractivity contribution in [1.82, 2.24) is 0 Å². The molecule has 0 aliphatic rings. The third kappa shape index (κ3) is 2.88. The van der Waals surface area contributed by atoms with E-state index in [4.69, 9.17) is 4.74 Å². The van der Waals surface area contributed by atoms with E-state index >= 15 is 0 Å². The molecule has 2 aromatic rings. The molecule has 2 rings (SSSR count). The number of hydrogen-bond donors (Lipinski definition) is 0. The molecule has 0 aliphatic heterocycles. The fourth-order valence-corrected chi connectivity index (χ4v) is 2.50. The second-order valence-corrected chi connectivity index (χ2v) is 5.17. The van der Waals surface area contributed by atoms with Gasteiger partial charge < -0.3 is 4.74 Å². The number of hydrogen-bond acceptors (Lipinski definition) is 3. The summed E-state index contributed by atoms with van der Waals surface area (Å²) in [5, 5.41) is 10.9. The molecule has 0 saturated carbocycles. The lowest BCUT2D eigenvalue weighted by Gasteiger charge is -2.08. The second-order valence-electron chi connectivity index (χ2n) is 3.40. The lowest BCUT2D eigenvalue weighted by atomic mass is 10.3. The lowest BCUT2D eigenvalue weighted by molar-refractivity contribution is -0.385. The molecule has 0 spiro atoms. The van der Waals surface area contributed by atoms with Crippen molar-refractivity contribution in [3.63, 3.8) is 0 Å². The highest BCUT2D eigenvalue weighted by atomic mass is 79.9. The van der Waals surface area contributed by atoms with Gasteiger partial charge in [0.25, 0.3) is 0 Å². The van der Waals surface area contributed by atoms with Crippen molar-refractivity contribution in [2.24, 2.45) is 0 Å². The summed E-state index contributed by atoms with van der Waals surface area (Å²) in [6, 6.07) is 11.6. The number of ether oxygens (including phenoxy) is 1. The number of para-hydroxylation sites is 2. The van der Waals surface area contributed by atoms with Crippen LogP contribution < -0.4 is 4.74 Å².